The molecule has 0 saturated carbocycles. The summed E-state index contributed by atoms with van der Waals surface area (Å²) in [4.78, 5) is 104. The summed E-state index contributed by atoms with van der Waals surface area (Å²) in [5.41, 5.74) is 6.90. The van der Waals surface area contributed by atoms with Gasteiger partial charge in [0.25, 0.3) is 17.1 Å². The maximum Gasteiger partial charge on any atom is 0.437 e. The topological polar surface area (TPSA) is 303 Å². The molecule has 3 N–H and O–H groups in total. The molecule has 0 radical (unpaired) electrons. The second kappa shape index (κ2) is 21.2. The van der Waals surface area contributed by atoms with Crippen molar-refractivity contribution in [3.05, 3.63) is 120 Å². The van der Waals surface area contributed by atoms with Gasteiger partial charge in [0.05, 0.1) is 14.8 Å². The van der Waals surface area contributed by atoms with E-state index < -0.39 is 57.0 Å². The Morgan fingerprint density at radius 3 is 1.79 bits per heavy atom. The second-order valence-electron chi connectivity index (χ2n) is 14.1. The van der Waals surface area contributed by atoms with Crippen LogP contribution in [-0.2, 0) is 43.6 Å². The normalized spacial score (nSPS) is 17.2. The third kappa shape index (κ3) is 12.8. The molecule has 2 saturated heterocycles. The number of carbonyl (C=O) groups is 5. The predicted octanol–water partition coefficient (Wildman–Crippen LogP) is 4.21. The number of non-ortho nitro benzene ring substituents is 3. The average Bonchev–Trinajstić information content (AvgIpc) is 3.89. The minimum Gasteiger partial charge on any atom is -0.445 e. The molecule has 2 aliphatic rings. The van der Waals surface area contributed by atoms with Crippen molar-refractivity contribution < 1.29 is 53.0 Å². The monoisotopic (exact) mass is 879 g/mol. The van der Waals surface area contributed by atoms with E-state index >= 15 is 0 Å². The Bertz CT molecular complexity index is 2190. The van der Waals surface area contributed by atoms with E-state index in [1.54, 1.807) is 4.90 Å². The number of nitrogens with zero attached hydrogens (tertiary/aromatic N) is 7. The van der Waals surface area contributed by atoms with Gasteiger partial charge < -0.3 is 30.2 Å². The lowest BCUT2D eigenvalue weighted by Gasteiger charge is -2.27. The average molecular weight is 880 g/mol. The van der Waals surface area contributed by atoms with Gasteiger partial charge in [-0.25, -0.2) is 19.3 Å². The van der Waals surface area contributed by atoms with Crippen LogP contribution in [0.2, 0.25) is 0 Å². The zero-order valence-corrected chi connectivity index (χ0v) is 33.7. The van der Waals surface area contributed by atoms with Gasteiger partial charge in [0, 0.05) is 80.3 Å². The second-order valence-corrected chi connectivity index (χ2v) is 14.8. The Hall–Kier alpha value is -7.37. The molecule has 5 amide bonds. The standard InChI is InChI=1S/C38H41N9O14S/c39-35(41-36(50)59-21-24-3-9-28(10-4-24)45(53)54)43(37(51)60-22-25-5-11-29(12-6-25)46(55)56)16-1-2-33(48)40-27-15-17-42(19-27)34(49)32-18-31(62)20-44(32)38(52)61-23-26-7-13-30(14-8-26)47(57)58/h3-14,27,31-32,62H,1-2,15-23H2,(H,40,48)(H2,39,41,50)/t27-,31-,32-/m0/s1. The van der Waals surface area contributed by atoms with E-state index in [1.807, 2.05) is 0 Å². The highest BCUT2D eigenvalue weighted by Crippen LogP contribution is 2.26. The summed E-state index contributed by atoms with van der Waals surface area (Å²) in [5, 5.41) is 35.4. The van der Waals surface area contributed by atoms with Gasteiger partial charge in [-0.1, -0.05) is 0 Å². The Morgan fingerprint density at radius 1 is 0.774 bits per heavy atom. The first-order valence-electron chi connectivity index (χ1n) is 18.9. The highest BCUT2D eigenvalue weighted by atomic mass is 32.1. The third-order valence-corrected chi connectivity index (χ3v) is 10.1. The molecule has 23 nitrogen and oxygen atoms in total. The Kier molecular flexibility index (Phi) is 15.7. The Balaban J connectivity index is 1.13. The number of hydrogen-bond donors (Lipinski definition) is 3. The largest absolute Gasteiger partial charge is 0.445 e. The van der Waals surface area contributed by atoms with Crippen molar-refractivity contribution in [2.24, 2.45) is 10.7 Å². The van der Waals surface area contributed by atoms with Crippen LogP contribution in [-0.4, -0.2) is 109 Å². The molecule has 3 atom stereocenters. The first-order valence-corrected chi connectivity index (χ1v) is 19.4. The van der Waals surface area contributed by atoms with Crippen molar-refractivity contribution in [2.45, 2.75) is 62.8 Å². The maximum atomic E-state index is 13.6. The molecule has 328 valence electrons. The third-order valence-electron chi connectivity index (χ3n) is 9.68. The molecule has 3 aromatic rings. The highest BCUT2D eigenvalue weighted by Gasteiger charge is 2.42. The van der Waals surface area contributed by atoms with Gasteiger partial charge in [-0.05, 0) is 72.4 Å². The Morgan fingerprint density at radius 2 is 1.27 bits per heavy atom. The summed E-state index contributed by atoms with van der Waals surface area (Å²) in [7, 11) is 0. The summed E-state index contributed by atoms with van der Waals surface area (Å²) >= 11 is 4.48. The number of carbonyl (C=O) groups excluding carboxylic acids is 5. The number of nitrogens with one attached hydrogen (secondary N) is 1. The van der Waals surface area contributed by atoms with Gasteiger partial charge in [-0.2, -0.15) is 12.6 Å². The van der Waals surface area contributed by atoms with Crippen LogP contribution in [0, 0.1) is 30.3 Å². The van der Waals surface area contributed by atoms with Crippen LogP contribution in [0.3, 0.4) is 0 Å². The van der Waals surface area contributed by atoms with Gasteiger partial charge in [0.15, 0.2) is 0 Å². The number of nitro benzene ring substituents is 3. The SMILES string of the molecule is NC(=NC(=O)OCc1ccc([N+](=O)[O-])cc1)N(CCCC(=O)N[C@H]1CCN(C(=O)[C@@H]2C[C@H](S)CN2C(=O)OCc2ccc([N+](=O)[O-])cc2)C1)C(=O)OCc1ccc([N+](=O)[O-])cc1. The number of hydrogen-bond acceptors (Lipinski definition) is 15. The number of guanidine groups is 1. The van der Waals surface area contributed by atoms with Crippen LogP contribution < -0.4 is 11.1 Å². The van der Waals surface area contributed by atoms with E-state index in [1.165, 1.54) is 77.7 Å². The number of rotatable bonds is 15. The van der Waals surface area contributed by atoms with E-state index in [4.69, 9.17) is 19.9 Å². The number of amides is 5. The van der Waals surface area contributed by atoms with Gasteiger partial charge in [-0.15, -0.1) is 4.99 Å². The molecule has 62 heavy (non-hydrogen) atoms. The fraction of sp³-hybridized carbons (Fsp3) is 0.368. The highest BCUT2D eigenvalue weighted by molar-refractivity contribution is 7.81. The number of thiol groups is 1. The quantitative estimate of drug-likeness (QED) is 0.0481. The van der Waals surface area contributed by atoms with Crippen molar-refractivity contribution in [1.29, 1.82) is 0 Å². The fourth-order valence-corrected chi connectivity index (χ4v) is 6.84. The molecule has 2 heterocycles. The Labute approximate surface area is 357 Å². The molecule has 0 unspecified atom stereocenters. The molecule has 0 spiro atoms. The van der Waals surface area contributed by atoms with Crippen LogP contribution in [0.15, 0.2) is 77.8 Å². The van der Waals surface area contributed by atoms with Crippen LogP contribution in [0.1, 0.15) is 42.4 Å². The van der Waals surface area contributed by atoms with Crippen LogP contribution in [0.25, 0.3) is 0 Å². The molecular formula is C38H41N9O14S. The summed E-state index contributed by atoms with van der Waals surface area (Å²) in [5.74, 6) is -1.39. The molecule has 2 fully saturated rings. The van der Waals surface area contributed by atoms with Crippen molar-refractivity contribution in [3.8, 4) is 0 Å². The van der Waals surface area contributed by atoms with Gasteiger partial charge in [0.2, 0.25) is 17.8 Å². The lowest BCUT2D eigenvalue weighted by molar-refractivity contribution is -0.385. The minimum absolute atomic E-state index is 0.00421. The molecule has 5 rings (SSSR count). The molecule has 3 aromatic carbocycles. The van der Waals surface area contributed by atoms with Crippen molar-refractivity contribution >= 4 is 65.7 Å². The first kappa shape index (κ1) is 45.7. The van der Waals surface area contributed by atoms with Crippen LogP contribution >= 0.6 is 12.6 Å². The lowest BCUT2D eigenvalue weighted by Crippen LogP contribution is -2.48. The molecule has 0 aliphatic carbocycles. The number of benzene rings is 3. The fourth-order valence-electron chi connectivity index (χ4n) is 6.46. The van der Waals surface area contributed by atoms with E-state index in [-0.39, 0.29) is 86.9 Å². The minimum atomic E-state index is -1.20. The van der Waals surface area contributed by atoms with Crippen LogP contribution in [0.4, 0.5) is 31.4 Å². The van der Waals surface area contributed by atoms with E-state index in [0.29, 0.717) is 29.7 Å². The zero-order valence-electron chi connectivity index (χ0n) is 32.8. The number of nitro groups is 3. The lowest BCUT2D eigenvalue weighted by atomic mass is 10.2. The van der Waals surface area contributed by atoms with Gasteiger partial charge >= 0.3 is 18.3 Å². The molecule has 24 heteroatoms. The summed E-state index contributed by atoms with van der Waals surface area (Å²) in [6.07, 6.45) is -2.43. The summed E-state index contributed by atoms with van der Waals surface area (Å²) in [6.45, 7) is -0.461. The summed E-state index contributed by atoms with van der Waals surface area (Å²) in [6, 6.07) is 14.6. The zero-order chi connectivity index (χ0) is 44.9. The van der Waals surface area contributed by atoms with Crippen molar-refractivity contribution in [3.63, 3.8) is 0 Å². The number of aliphatic imine (C=N–C) groups is 1. The maximum absolute atomic E-state index is 13.6. The molecular weight excluding hydrogens is 839 g/mol. The van der Waals surface area contributed by atoms with E-state index in [2.05, 4.69) is 22.9 Å². The smallest absolute Gasteiger partial charge is 0.437 e. The van der Waals surface area contributed by atoms with Crippen molar-refractivity contribution in [1.82, 2.24) is 20.0 Å². The molecule has 2 aliphatic heterocycles. The van der Waals surface area contributed by atoms with Crippen molar-refractivity contribution in [2.75, 3.05) is 26.2 Å². The predicted molar refractivity (Wildman–Crippen MR) is 218 cm³/mol. The van der Waals surface area contributed by atoms with E-state index in [9.17, 15) is 54.3 Å². The van der Waals surface area contributed by atoms with Crippen LogP contribution in [0.5, 0.6) is 0 Å². The number of nitrogens with two attached hydrogens (primary N) is 1. The van der Waals surface area contributed by atoms with Gasteiger partial charge in [0.1, 0.15) is 25.9 Å². The molecule has 0 aromatic heterocycles. The molecule has 0 bridgehead atoms. The summed E-state index contributed by atoms with van der Waals surface area (Å²) < 4.78 is 15.8. The van der Waals surface area contributed by atoms with Gasteiger partial charge in [-0.3, -0.25) is 44.8 Å². The van der Waals surface area contributed by atoms with E-state index in [0.717, 1.165) is 4.90 Å². The number of ether oxygens (including phenoxy) is 3. The first-order chi connectivity index (χ1) is 29.6. The number of likely N-dealkylation sites (tertiary alicyclic amines) is 2.